The standard InChI is InChI=1S/C26H21N3O.C22H19N3O2.C20H16N2O2.C18H15N3OS/c30-26-22-8-4-5-9-24(22)28-25(29-26)17-15-21-14-16-23(27-21)20-12-10-19(11-13-20)18-6-2-1-3-7-18;26-22-17-3-1-2-4-19(17)24-21(25-22)10-7-16-6-8-18(23-16)14-5-9-20-15(13-14)11-12-27-20;23-20-16-8-4-5-9-18(16)22-19(24-20)13-11-15-10-12-17(21-15)14-6-2-1-3-7-14;22-18-14-3-1-2-4-16(14)20-17(21-18)8-6-13-5-7-15(19-13)12-9-10-23-11-12/h1-13,16H,14-15,17H2,(H,28,29,30);1-5,8-9,13H,6-7,10-12H2,(H,24,25,26);1-9,12H,10-11,13H2;1-4,7,9-11H,5-6,8H2,(H,20,21,22). The van der Waals surface area contributed by atoms with Gasteiger partial charge in [0, 0.05) is 97.1 Å². The van der Waals surface area contributed by atoms with E-state index in [0.717, 1.165) is 155 Å². The lowest BCUT2D eigenvalue weighted by atomic mass is 10.0. The van der Waals surface area contributed by atoms with Crippen molar-refractivity contribution in [2.45, 2.75) is 83.5 Å². The minimum absolute atomic E-state index is 0.0731. The summed E-state index contributed by atoms with van der Waals surface area (Å²) >= 11 is 1.68. The summed E-state index contributed by atoms with van der Waals surface area (Å²) in [6.07, 6.45) is 18.7. The molecular weight excluding hydrogens is 1320 g/mol. The van der Waals surface area contributed by atoms with Gasteiger partial charge in [-0.25, -0.2) is 24.7 Å². The van der Waals surface area contributed by atoms with Crippen molar-refractivity contribution < 1.29 is 9.15 Å². The highest BCUT2D eigenvalue weighted by Gasteiger charge is 2.19. The molecule has 104 heavy (non-hydrogen) atoms. The van der Waals surface area contributed by atoms with Crippen LogP contribution < -0.4 is 27.0 Å². The summed E-state index contributed by atoms with van der Waals surface area (Å²) in [5, 5.41) is 6.59. The topological polar surface area (TPSA) is 239 Å². The van der Waals surface area contributed by atoms with Crippen LogP contribution in [0.25, 0.3) is 77.5 Å². The maximum atomic E-state index is 12.2. The molecule has 5 aromatic heterocycles. The number of hydrogen-bond acceptors (Lipinski definition) is 15. The lowest BCUT2D eigenvalue weighted by molar-refractivity contribution is 0.357. The number of benzene rings is 8. The summed E-state index contributed by atoms with van der Waals surface area (Å²) in [5.41, 5.74) is 19.2. The van der Waals surface area contributed by atoms with Crippen LogP contribution in [0.15, 0.2) is 285 Å². The minimum atomic E-state index is -0.327. The number of hydrogen-bond donors (Lipinski definition) is 3. The van der Waals surface area contributed by atoms with Gasteiger partial charge in [0.2, 0.25) is 0 Å². The molecule has 0 atom stereocenters. The number of aryl methyl sites for hydroxylation is 4. The summed E-state index contributed by atoms with van der Waals surface area (Å²) in [4.78, 5) is 94.3. The Kier molecular flexibility index (Phi) is 20.4. The van der Waals surface area contributed by atoms with Crippen LogP contribution >= 0.6 is 11.3 Å². The normalized spacial score (nSPS) is 14.2. The van der Waals surface area contributed by atoms with Gasteiger partial charge in [0.05, 0.1) is 73.0 Å². The number of rotatable bonds is 17. The molecule has 0 saturated heterocycles. The summed E-state index contributed by atoms with van der Waals surface area (Å²) in [6.45, 7) is 0.767. The summed E-state index contributed by atoms with van der Waals surface area (Å²) < 4.78 is 10.9. The van der Waals surface area contributed by atoms with Gasteiger partial charge in [0.1, 0.15) is 23.2 Å². The number of aromatic amines is 3. The predicted molar refractivity (Wildman–Crippen MR) is 419 cm³/mol. The Labute approximate surface area is 602 Å². The number of allylic oxidation sites excluding steroid dienone is 4. The number of aromatic nitrogens is 7. The molecule has 5 aliphatic rings. The Balaban J connectivity index is 0.000000112. The van der Waals surface area contributed by atoms with E-state index in [1.54, 1.807) is 35.6 Å². The van der Waals surface area contributed by atoms with E-state index in [9.17, 15) is 19.2 Å². The lowest BCUT2D eigenvalue weighted by Crippen LogP contribution is -2.12. The van der Waals surface area contributed by atoms with Crippen molar-refractivity contribution in [3.63, 3.8) is 0 Å². The van der Waals surface area contributed by atoms with E-state index in [0.29, 0.717) is 70.3 Å². The van der Waals surface area contributed by atoms with Crippen LogP contribution in [0.2, 0.25) is 0 Å². The second kappa shape index (κ2) is 31.6. The number of aliphatic imine (C=N–C) groups is 4. The van der Waals surface area contributed by atoms with Crippen molar-refractivity contribution in [2.24, 2.45) is 20.0 Å². The fourth-order valence-corrected chi connectivity index (χ4v) is 13.7. The lowest BCUT2D eigenvalue weighted by Gasteiger charge is -2.05. The Morgan fingerprint density at radius 1 is 0.356 bits per heavy atom. The molecule has 10 heterocycles. The first-order valence-corrected chi connectivity index (χ1v) is 35.9. The quantitative estimate of drug-likeness (QED) is 0.0779. The number of para-hydroxylation sites is 4. The Hall–Kier alpha value is -12.5. The highest BCUT2D eigenvalue weighted by atomic mass is 32.1. The monoisotopic (exact) mass is 1390 g/mol. The van der Waals surface area contributed by atoms with Gasteiger partial charge in [-0.15, -0.1) is 0 Å². The third-order valence-corrected chi connectivity index (χ3v) is 19.2. The molecule has 0 fully saturated rings. The fraction of sp³-hybridized carbons (Fsp3) is 0.163. The molecular formula is C86H71N11O6S. The molecule has 0 spiro atoms. The fourth-order valence-electron chi connectivity index (χ4n) is 13.1. The number of nitrogens with zero attached hydrogens (tertiary/aromatic N) is 8. The number of H-pyrrole nitrogens is 3. The molecule has 0 aliphatic carbocycles. The van der Waals surface area contributed by atoms with E-state index in [2.05, 4.69) is 154 Å². The molecule has 17 nitrogen and oxygen atoms in total. The predicted octanol–water partition coefficient (Wildman–Crippen LogP) is 16.9. The number of thiophene rings is 1. The molecule has 18 rings (SSSR count). The van der Waals surface area contributed by atoms with Gasteiger partial charge >= 0.3 is 5.63 Å². The second-order valence-corrected chi connectivity index (χ2v) is 26.4. The van der Waals surface area contributed by atoms with Crippen molar-refractivity contribution in [1.29, 1.82) is 0 Å². The molecule has 512 valence electrons. The Morgan fingerprint density at radius 3 is 1.22 bits per heavy atom. The molecule has 3 N–H and O–H groups in total. The molecule has 0 amide bonds. The van der Waals surface area contributed by atoms with Gasteiger partial charge < -0.3 is 24.1 Å². The molecule has 13 aromatic rings. The van der Waals surface area contributed by atoms with Gasteiger partial charge in [0.25, 0.3) is 16.7 Å². The zero-order chi connectivity index (χ0) is 70.6. The minimum Gasteiger partial charge on any atom is -0.493 e. The second-order valence-electron chi connectivity index (χ2n) is 25.6. The maximum absolute atomic E-state index is 12.2. The first-order chi connectivity index (χ1) is 51.1. The number of fused-ring (bicyclic) bond motifs is 5. The SMILES string of the molecule is O=c1[nH]c(CCC2=NC(c3ccc(-c4ccccc4)cc3)=CC2)nc2ccccc12.O=c1[nH]c(CCC2=NC(c3ccc4c(c3)CCO4)=CC2)nc2ccccc12.O=c1[nH]c(CCC2=NC(c3ccsc3)=CC2)nc2ccccc12.O=c1oc(CCC2=NC(c3ccccc3)=CC2)nc2ccccc12. The van der Waals surface area contributed by atoms with Crippen molar-refractivity contribution in [1.82, 2.24) is 34.9 Å². The Morgan fingerprint density at radius 2 is 0.740 bits per heavy atom. The zero-order valence-electron chi connectivity index (χ0n) is 56.9. The van der Waals surface area contributed by atoms with Gasteiger partial charge in [-0.1, -0.05) is 158 Å². The summed E-state index contributed by atoms with van der Waals surface area (Å²) in [7, 11) is 0. The molecule has 0 unspecified atom stereocenters. The van der Waals surface area contributed by atoms with E-state index in [1.807, 2.05) is 103 Å². The van der Waals surface area contributed by atoms with Crippen molar-refractivity contribution >= 4 is 101 Å². The molecule has 0 bridgehead atoms. The first kappa shape index (κ1) is 67.3. The van der Waals surface area contributed by atoms with E-state index >= 15 is 0 Å². The number of ether oxygens (including phenoxy) is 1. The van der Waals surface area contributed by atoms with Crippen LogP contribution in [-0.4, -0.2) is 64.3 Å². The zero-order valence-corrected chi connectivity index (χ0v) is 57.7. The van der Waals surface area contributed by atoms with E-state index in [4.69, 9.17) is 24.1 Å². The van der Waals surface area contributed by atoms with E-state index in [-0.39, 0.29) is 22.3 Å². The van der Waals surface area contributed by atoms with Gasteiger partial charge in [-0.3, -0.25) is 34.4 Å². The number of nitrogens with one attached hydrogen (secondary N) is 3. The molecule has 18 heteroatoms. The van der Waals surface area contributed by atoms with Crippen molar-refractivity contribution in [3.05, 3.63) is 334 Å². The Bertz CT molecular complexity index is 5890. The third kappa shape index (κ3) is 16.3. The molecule has 5 aliphatic heterocycles. The molecule has 8 aromatic carbocycles. The molecule has 0 radical (unpaired) electrons. The van der Waals surface area contributed by atoms with Crippen LogP contribution in [0.5, 0.6) is 5.75 Å². The summed E-state index contributed by atoms with van der Waals surface area (Å²) in [6, 6.07) is 66.9. The van der Waals surface area contributed by atoms with Crippen LogP contribution in [0.3, 0.4) is 0 Å². The van der Waals surface area contributed by atoms with Gasteiger partial charge in [-0.2, -0.15) is 11.3 Å². The van der Waals surface area contributed by atoms with E-state index < -0.39 is 0 Å². The van der Waals surface area contributed by atoms with E-state index in [1.165, 1.54) is 22.3 Å². The van der Waals surface area contributed by atoms with Crippen molar-refractivity contribution in [3.8, 4) is 16.9 Å². The smallest absolute Gasteiger partial charge is 0.346 e. The highest BCUT2D eigenvalue weighted by Crippen LogP contribution is 2.33. The van der Waals surface area contributed by atoms with Crippen LogP contribution in [-0.2, 0) is 32.1 Å². The highest BCUT2D eigenvalue weighted by molar-refractivity contribution is 7.08. The van der Waals surface area contributed by atoms with Crippen LogP contribution in [0, 0.1) is 0 Å². The van der Waals surface area contributed by atoms with Gasteiger partial charge in [-0.05, 0) is 132 Å². The largest absolute Gasteiger partial charge is 0.493 e. The van der Waals surface area contributed by atoms with Crippen molar-refractivity contribution in [2.75, 3.05) is 6.61 Å². The molecule has 0 saturated carbocycles. The maximum Gasteiger partial charge on any atom is 0.346 e. The van der Waals surface area contributed by atoms with Gasteiger partial charge in [0.15, 0.2) is 5.89 Å². The average Bonchev–Trinajstić information content (AvgIpc) is 1.54. The first-order valence-electron chi connectivity index (χ1n) is 35.0. The van der Waals surface area contributed by atoms with Crippen LogP contribution in [0.1, 0.15) is 103 Å². The third-order valence-electron chi connectivity index (χ3n) is 18.5. The van der Waals surface area contributed by atoms with Crippen LogP contribution in [0.4, 0.5) is 0 Å². The average molecular weight is 1390 g/mol. The summed E-state index contributed by atoms with van der Waals surface area (Å²) in [5.74, 6) is 3.61.